The molecule has 0 atom stereocenters. The smallest absolute Gasteiger partial charge is 0.244 e. The molecule has 0 unspecified atom stereocenters. The van der Waals surface area contributed by atoms with Gasteiger partial charge in [-0.15, -0.1) is 0 Å². The highest BCUT2D eigenvalue weighted by molar-refractivity contribution is 9.11. The largest absolute Gasteiger partial charge is 0.385 e. The van der Waals surface area contributed by atoms with E-state index >= 15 is 0 Å². The fourth-order valence-electron chi connectivity index (χ4n) is 1.74. The van der Waals surface area contributed by atoms with Gasteiger partial charge in [0.05, 0.1) is 11.5 Å². The summed E-state index contributed by atoms with van der Waals surface area (Å²) in [5.74, 6) is 0. The van der Waals surface area contributed by atoms with Gasteiger partial charge in [0.1, 0.15) is 0 Å². The lowest BCUT2D eigenvalue weighted by molar-refractivity contribution is 0.164. The molecular weight excluding hydrogens is 426 g/mol. The first-order valence-corrected chi connectivity index (χ1v) is 9.39. The standard InChI is InChI=1S/C13H19Br2NO4S/c1-19-8-3-6-16(7-9-20-2)21(17,18)13-10-11(14)4-5-12(13)15/h4-5,10H,3,6-9H2,1-2H3. The van der Waals surface area contributed by atoms with Gasteiger partial charge in [0.15, 0.2) is 0 Å². The first kappa shape index (κ1) is 19.1. The van der Waals surface area contributed by atoms with Crippen LogP contribution in [0.5, 0.6) is 0 Å². The molecule has 0 aliphatic heterocycles. The molecule has 0 aliphatic rings. The summed E-state index contributed by atoms with van der Waals surface area (Å²) < 4.78 is 38.2. The third-order valence-corrected chi connectivity index (χ3v) is 6.20. The van der Waals surface area contributed by atoms with E-state index < -0.39 is 10.0 Å². The maximum atomic E-state index is 12.8. The number of benzene rings is 1. The van der Waals surface area contributed by atoms with E-state index in [0.29, 0.717) is 41.7 Å². The van der Waals surface area contributed by atoms with Crippen LogP contribution in [0.2, 0.25) is 0 Å². The molecule has 0 amide bonds. The van der Waals surface area contributed by atoms with E-state index in [0.717, 1.165) is 0 Å². The van der Waals surface area contributed by atoms with Crippen LogP contribution in [-0.2, 0) is 19.5 Å². The average Bonchev–Trinajstić information content (AvgIpc) is 2.45. The zero-order valence-corrected chi connectivity index (χ0v) is 16.0. The number of halogens is 2. The Morgan fingerprint density at radius 2 is 1.76 bits per heavy atom. The van der Waals surface area contributed by atoms with Crippen LogP contribution in [0.1, 0.15) is 6.42 Å². The third-order valence-electron chi connectivity index (χ3n) is 2.81. The van der Waals surface area contributed by atoms with Gasteiger partial charge in [0, 0.05) is 42.9 Å². The molecule has 8 heteroatoms. The zero-order chi connectivity index (χ0) is 15.9. The van der Waals surface area contributed by atoms with Crippen molar-refractivity contribution in [3.05, 3.63) is 27.1 Å². The Labute approximate surface area is 142 Å². The summed E-state index contributed by atoms with van der Waals surface area (Å²) in [6.45, 7) is 1.55. The topological polar surface area (TPSA) is 55.8 Å². The first-order valence-electron chi connectivity index (χ1n) is 6.36. The van der Waals surface area contributed by atoms with Gasteiger partial charge in [-0.25, -0.2) is 8.42 Å². The maximum absolute atomic E-state index is 12.8. The van der Waals surface area contributed by atoms with E-state index in [1.807, 2.05) is 0 Å². The molecule has 0 N–H and O–H groups in total. The molecule has 0 heterocycles. The highest BCUT2D eigenvalue weighted by Crippen LogP contribution is 2.28. The maximum Gasteiger partial charge on any atom is 0.244 e. The van der Waals surface area contributed by atoms with Crippen LogP contribution < -0.4 is 0 Å². The van der Waals surface area contributed by atoms with Crippen molar-refractivity contribution in [1.82, 2.24) is 4.31 Å². The number of sulfonamides is 1. The van der Waals surface area contributed by atoms with E-state index in [4.69, 9.17) is 9.47 Å². The molecule has 0 aromatic heterocycles. The SMILES string of the molecule is COCCCN(CCOC)S(=O)(=O)c1cc(Br)ccc1Br. The van der Waals surface area contributed by atoms with E-state index in [1.165, 1.54) is 4.31 Å². The lowest BCUT2D eigenvalue weighted by Crippen LogP contribution is -2.35. The fraction of sp³-hybridized carbons (Fsp3) is 0.538. The van der Waals surface area contributed by atoms with Crippen LogP contribution in [0, 0.1) is 0 Å². The van der Waals surface area contributed by atoms with Crippen LogP contribution in [0.25, 0.3) is 0 Å². The molecule has 1 aromatic carbocycles. The normalized spacial score (nSPS) is 12.0. The highest BCUT2D eigenvalue weighted by Gasteiger charge is 2.26. The first-order chi connectivity index (χ1) is 9.93. The minimum absolute atomic E-state index is 0.241. The molecule has 0 saturated carbocycles. The number of hydrogen-bond acceptors (Lipinski definition) is 4. The van der Waals surface area contributed by atoms with Crippen molar-refractivity contribution in [3.8, 4) is 0 Å². The Balaban J connectivity index is 3.04. The van der Waals surface area contributed by atoms with Gasteiger partial charge in [-0.1, -0.05) is 15.9 Å². The molecule has 1 rings (SSSR count). The second-order valence-corrected chi connectivity index (χ2v) is 7.99. The minimum Gasteiger partial charge on any atom is -0.385 e. The molecule has 1 aromatic rings. The van der Waals surface area contributed by atoms with E-state index in [-0.39, 0.29) is 4.90 Å². The summed E-state index contributed by atoms with van der Waals surface area (Å²) in [7, 11) is -0.439. The van der Waals surface area contributed by atoms with Gasteiger partial charge in [0.2, 0.25) is 10.0 Å². The van der Waals surface area contributed by atoms with Crippen LogP contribution in [0.15, 0.2) is 32.0 Å². The summed E-state index contributed by atoms with van der Waals surface area (Å²) in [4.78, 5) is 0.241. The van der Waals surface area contributed by atoms with Gasteiger partial charge >= 0.3 is 0 Å². The highest BCUT2D eigenvalue weighted by atomic mass is 79.9. The van der Waals surface area contributed by atoms with Crippen LogP contribution >= 0.6 is 31.9 Å². The second kappa shape index (κ2) is 9.22. The predicted molar refractivity (Wildman–Crippen MR) is 89.0 cm³/mol. The third kappa shape index (κ3) is 5.61. The van der Waals surface area contributed by atoms with Gasteiger partial charge in [0.25, 0.3) is 0 Å². The molecule has 0 fully saturated rings. The summed E-state index contributed by atoms with van der Waals surface area (Å²) in [6, 6.07) is 5.09. The minimum atomic E-state index is -3.59. The number of rotatable bonds is 9. The lowest BCUT2D eigenvalue weighted by atomic mass is 10.4. The van der Waals surface area contributed by atoms with Crippen molar-refractivity contribution < 1.29 is 17.9 Å². The number of hydrogen-bond donors (Lipinski definition) is 0. The summed E-state index contributed by atoms with van der Waals surface area (Å²) >= 11 is 6.61. The van der Waals surface area contributed by atoms with Crippen molar-refractivity contribution in [1.29, 1.82) is 0 Å². The Kier molecular flexibility index (Phi) is 8.36. The summed E-state index contributed by atoms with van der Waals surface area (Å²) in [6.07, 6.45) is 0.630. The average molecular weight is 445 g/mol. The quantitative estimate of drug-likeness (QED) is 0.549. The van der Waals surface area contributed by atoms with E-state index in [2.05, 4.69) is 31.9 Å². The lowest BCUT2D eigenvalue weighted by Gasteiger charge is -2.22. The molecule has 0 saturated heterocycles. The number of methoxy groups -OCH3 is 2. The van der Waals surface area contributed by atoms with Gasteiger partial charge in [-0.3, -0.25) is 0 Å². The van der Waals surface area contributed by atoms with Crippen molar-refractivity contribution in [2.75, 3.05) is 40.5 Å². The molecular formula is C13H19Br2NO4S. The van der Waals surface area contributed by atoms with Crippen LogP contribution in [0.4, 0.5) is 0 Å². The Bertz CT molecular complexity index is 551. The monoisotopic (exact) mass is 443 g/mol. The van der Waals surface area contributed by atoms with Gasteiger partial charge in [-0.2, -0.15) is 4.31 Å². The Morgan fingerprint density at radius 3 is 2.38 bits per heavy atom. The molecule has 0 radical (unpaired) electrons. The molecule has 5 nitrogen and oxygen atoms in total. The molecule has 120 valence electrons. The van der Waals surface area contributed by atoms with Crippen LogP contribution in [0.3, 0.4) is 0 Å². The summed E-state index contributed by atoms with van der Waals surface area (Å²) in [5.41, 5.74) is 0. The van der Waals surface area contributed by atoms with Crippen molar-refractivity contribution in [2.45, 2.75) is 11.3 Å². The second-order valence-electron chi connectivity index (χ2n) is 4.32. The molecule has 21 heavy (non-hydrogen) atoms. The van der Waals surface area contributed by atoms with Gasteiger partial charge < -0.3 is 9.47 Å². The molecule has 0 spiro atoms. The fourth-order valence-corrected chi connectivity index (χ4v) is 4.67. The van der Waals surface area contributed by atoms with Crippen molar-refractivity contribution >= 4 is 41.9 Å². The Hall–Kier alpha value is 0.01000. The van der Waals surface area contributed by atoms with E-state index in [1.54, 1.807) is 32.4 Å². The van der Waals surface area contributed by atoms with Gasteiger partial charge in [-0.05, 0) is 40.5 Å². The zero-order valence-electron chi connectivity index (χ0n) is 12.0. The Morgan fingerprint density at radius 1 is 1.10 bits per heavy atom. The number of nitrogens with zero attached hydrogens (tertiary/aromatic N) is 1. The number of ether oxygens (including phenoxy) is 2. The molecule has 0 aliphatic carbocycles. The van der Waals surface area contributed by atoms with Crippen LogP contribution in [-0.4, -0.2) is 53.2 Å². The predicted octanol–water partition coefficient (Wildman–Crippen LogP) is 2.89. The summed E-state index contributed by atoms with van der Waals surface area (Å²) in [5, 5.41) is 0. The van der Waals surface area contributed by atoms with E-state index in [9.17, 15) is 8.42 Å². The van der Waals surface area contributed by atoms with Crippen molar-refractivity contribution in [3.63, 3.8) is 0 Å². The molecule has 0 bridgehead atoms. The van der Waals surface area contributed by atoms with Crippen molar-refractivity contribution in [2.24, 2.45) is 0 Å².